The summed E-state index contributed by atoms with van der Waals surface area (Å²) >= 11 is 0. The van der Waals surface area contributed by atoms with E-state index in [1.807, 2.05) is 18.3 Å². The Morgan fingerprint density at radius 3 is 2.88 bits per heavy atom. The van der Waals surface area contributed by atoms with Gasteiger partial charge in [-0.15, -0.1) is 0 Å². The van der Waals surface area contributed by atoms with E-state index in [2.05, 4.69) is 25.2 Å². The molecule has 1 fully saturated rings. The third kappa shape index (κ3) is 4.51. The summed E-state index contributed by atoms with van der Waals surface area (Å²) in [4.78, 5) is 27.3. The normalized spacial score (nSPS) is 19.8. The molecule has 2 atom stereocenters. The van der Waals surface area contributed by atoms with E-state index in [0.29, 0.717) is 19.7 Å². The van der Waals surface area contributed by atoms with Crippen LogP contribution in [0.25, 0.3) is 0 Å². The lowest BCUT2D eigenvalue weighted by Gasteiger charge is -2.17. The number of ether oxygens (including phenoxy) is 1. The zero-order valence-corrected chi connectivity index (χ0v) is 14.3. The standard InChI is InChI=1S/C18H23N5O2/c1-25-13-15-11-23(17-10-20-7-8-21-17)12-16(15)18(24)22-6-4-14-3-2-5-19-9-14/h2-3,5,7-10,15-16H,4,6,11-13H2,1H3,(H,22,24)/t15-,16+/m0/s1. The molecule has 0 aliphatic carbocycles. The summed E-state index contributed by atoms with van der Waals surface area (Å²) in [5, 5.41) is 3.05. The van der Waals surface area contributed by atoms with Crippen LogP contribution in [0.3, 0.4) is 0 Å². The molecule has 0 unspecified atom stereocenters. The van der Waals surface area contributed by atoms with Gasteiger partial charge in [-0.2, -0.15) is 0 Å². The van der Waals surface area contributed by atoms with Crippen LogP contribution in [0.1, 0.15) is 5.56 Å². The van der Waals surface area contributed by atoms with Crippen LogP contribution in [0.15, 0.2) is 43.1 Å². The van der Waals surface area contributed by atoms with Crippen molar-refractivity contribution < 1.29 is 9.53 Å². The Morgan fingerprint density at radius 1 is 1.28 bits per heavy atom. The first-order valence-corrected chi connectivity index (χ1v) is 8.44. The van der Waals surface area contributed by atoms with Gasteiger partial charge in [0, 0.05) is 57.4 Å². The number of amides is 1. The second kappa shape index (κ2) is 8.53. The number of hydrogen-bond acceptors (Lipinski definition) is 6. The largest absolute Gasteiger partial charge is 0.384 e. The fourth-order valence-corrected chi connectivity index (χ4v) is 3.20. The predicted molar refractivity (Wildman–Crippen MR) is 94.1 cm³/mol. The number of carbonyl (C=O) groups is 1. The molecule has 7 heteroatoms. The van der Waals surface area contributed by atoms with Gasteiger partial charge in [-0.1, -0.05) is 6.07 Å². The number of carbonyl (C=O) groups excluding carboxylic acids is 1. The molecule has 1 saturated heterocycles. The van der Waals surface area contributed by atoms with Crippen molar-refractivity contribution in [1.82, 2.24) is 20.3 Å². The molecule has 0 aromatic carbocycles. The van der Waals surface area contributed by atoms with Crippen LogP contribution < -0.4 is 10.2 Å². The molecule has 0 spiro atoms. The average Bonchev–Trinajstić information content (AvgIpc) is 3.08. The predicted octanol–water partition coefficient (Wildman–Crippen LogP) is 0.929. The lowest BCUT2D eigenvalue weighted by atomic mass is 9.96. The Hall–Kier alpha value is -2.54. The Morgan fingerprint density at radius 2 is 2.16 bits per heavy atom. The van der Waals surface area contributed by atoms with E-state index in [9.17, 15) is 4.79 Å². The molecule has 25 heavy (non-hydrogen) atoms. The highest BCUT2D eigenvalue weighted by molar-refractivity contribution is 5.80. The smallest absolute Gasteiger partial charge is 0.225 e. The van der Waals surface area contributed by atoms with Gasteiger partial charge in [-0.25, -0.2) is 4.98 Å². The average molecular weight is 341 g/mol. The third-order valence-electron chi connectivity index (χ3n) is 4.47. The van der Waals surface area contributed by atoms with Gasteiger partial charge in [0.15, 0.2) is 0 Å². The number of methoxy groups -OCH3 is 1. The van der Waals surface area contributed by atoms with E-state index < -0.39 is 0 Å². The van der Waals surface area contributed by atoms with Crippen LogP contribution in [0.4, 0.5) is 5.82 Å². The molecular formula is C18H23N5O2. The van der Waals surface area contributed by atoms with E-state index >= 15 is 0 Å². The van der Waals surface area contributed by atoms with Gasteiger partial charge in [0.1, 0.15) is 5.82 Å². The van der Waals surface area contributed by atoms with Gasteiger partial charge in [-0.3, -0.25) is 14.8 Å². The van der Waals surface area contributed by atoms with Crippen molar-refractivity contribution >= 4 is 11.7 Å². The molecule has 2 aromatic rings. The van der Waals surface area contributed by atoms with Crippen molar-refractivity contribution in [2.45, 2.75) is 6.42 Å². The maximum absolute atomic E-state index is 12.7. The summed E-state index contributed by atoms with van der Waals surface area (Å²) in [5.74, 6) is 0.896. The lowest BCUT2D eigenvalue weighted by molar-refractivity contribution is -0.126. The maximum atomic E-state index is 12.7. The van der Waals surface area contributed by atoms with Crippen molar-refractivity contribution in [3.63, 3.8) is 0 Å². The second-order valence-corrected chi connectivity index (χ2v) is 6.19. The highest BCUT2D eigenvalue weighted by atomic mass is 16.5. The van der Waals surface area contributed by atoms with Crippen LogP contribution in [0, 0.1) is 11.8 Å². The van der Waals surface area contributed by atoms with Crippen molar-refractivity contribution in [2.24, 2.45) is 11.8 Å². The summed E-state index contributed by atoms with van der Waals surface area (Å²) < 4.78 is 5.31. The van der Waals surface area contributed by atoms with E-state index in [1.54, 1.807) is 31.9 Å². The Balaban J connectivity index is 1.57. The van der Waals surface area contributed by atoms with E-state index in [4.69, 9.17) is 4.74 Å². The first-order chi connectivity index (χ1) is 12.3. The minimum absolute atomic E-state index is 0.0670. The van der Waals surface area contributed by atoms with Crippen molar-refractivity contribution in [3.8, 4) is 0 Å². The van der Waals surface area contributed by atoms with Gasteiger partial charge in [0.25, 0.3) is 0 Å². The van der Waals surface area contributed by atoms with Crippen LogP contribution in [0.5, 0.6) is 0 Å². The zero-order chi connectivity index (χ0) is 17.5. The molecule has 1 amide bonds. The Kier molecular flexibility index (Phi) is 5.90. The van der Waals surface area contributed by atoms with Gasteiger partial charge in [-0.05, 0) is 18.1 Å². The van der Waals surface area contributed by atoms with E-state index in [0.717, 1.165) is 24.3 Å². The lowest BCUT2D eigenvalue weighted by Crippen LogP contribution is -2.37. The van der Waals surface area contributed by atoms with Gasteiger partial charge in [0.05, 0.1) is 18.7 Å². The van der Waals surface area contributed by atoms with Crippen LogP contribution >= 0.6 is 0 Å². The number of nitrogens with zero attached hydrogens (tertiary/aromatic N) is 4. The van der Waals surface area contributed by atoms with E-state index in [-0.39, 0.29) is 17.7 Å². The minimum atomic E-state index is -0.115. The number of hydrogen-bond donors (Lipinski definition) is 1. The fourth-order valence-electron chi connectivity index (χ4n) is 3.20. The molecule has 1 N–H and O–H groups in total. The molecule has 0 bridgehead atoms. The minimum Gasteiger partial charge on any atom is -0.384 e. The van der Waals surface area contributed by atoms with Crippen molar-refractivity contribution in [3.05, 3.63) is 48.7 Å². The molecule has 1 aliphatic rings. The number of rotatable bonds is 7. The van der Waals surface area contributed by atoms with Crippen LogP contribution in [0.2, 0.25) is 0 Å². The van der Waals surface area contributed by atoms with Gasteiger partial charge < -0.3 is 15.0 Å². The molecule has 7 nitrogen and oxygen atoms in total. The first-order valence-electron chi connectivity index (χ1n) is 8.44. The highest BCUT2D eigenvalue weighted by Gasteiger charge is 2.38. The van der Waals surface area contributed by atoms with Crippen molar-refractivity contribution in [1.29, 1.82) is 0 Å². The monoisotopic (exact) mass is 341 g/mol. The first kappa shape index (κ1) is 17.3. The summed E-state index contributed by atoms with van der Waals surface area (Å²) in [5.41, 5.74) is 1.11. The highest BCUT2D eigenvalue weighted by Crippen LogP contribution is 2.27. The molecular weight excluding hydrogens is 318 g/mol. The van der Waals surface area contributed by atoms with Gasteiger partial charge >= 0.3 is 0 Å². The molecule has 3 heterocycles. The quantitative estimate of drug-likeness (QED) is 0.807. The molecule has 0 radical (unpaired) electrons. The fraction of sp³-hybridized carbons (Fsp3) is 0.444. The second-order valence-electron chi connectivity index (χ2n) is 6.19. The number of anilines is 1. The number of aromatic nitrogens is 3. The number of nitrogens with one attached hydrogen (secondary N) is 1. The van der Waals surface area contributed by atoms with Crippen molar-refractivity contribution in [2.75, 3.05) is 38.3 Å². The molecule has 2 aromatic heterocycles. The molecule has 0 saturated carbocycles. The Labute approximate surface area is 147 Å². The maximum Gasteiger partial charge on any atom is 0.225 e. The van der Waals surface area contributed by atoms with Crippen LogP contribution in [-0.4, -0.2) is 54.2 Å². The summed E-state index contributed by atoms with van der Waals surface area (Å²) in [6, 6.07) is 3.92. The summed E-state index contributed by atoms with van der Waals surface area (Å²) in [7, 11) is 1.67. The van der Waals surface area contributed by atoms with Gasteiger partial charge in [0.2, 0.25) is 5.91 Å². The van der Waals surface area contributed by atoms with E-state index in [1.165, 1.54) is 0 Å². The zero-order valence-electron chi connectivity index (χ0n) is 14.3. The molecule has 3 rings (SSSR count). The number of pyridine rings is 1. The topological polar surface area (TPSA) is 80.2 Å². The SMILES string of the molecule is COC[C@@H]1CN(c2cnccn2)C[C@H]1C(=O)NCCc1cccnc1. The molecule has 132 valence electrons. The Bertz CT molecular complexity index is 668. The molecule has 1 aliphatic heterocycles. The van der Waals surface area contributed by atoms with Crippen LogP contribution in [-0.2, 0) is 16.0 Å². The summed E-state index contributed by atoms with van der Waals surface area (Å²) in [6.07, 6.45) is 9.39. The third-order valence-corrected chi connectivity index (χ3v) is 4.47. The summed E-state index contributed by atoms with van der Waals surface area (Å²) in [6.45, 7) is 2.53.